The van der Waals surface area contributed by atoms with E-state index >= 15 is 0 Å². The number of hydrogen-bond donors (Lipinski definition) is 1. The number of piperidine rings is 2. The zero-order valence-corrected chi connectivity index (χ0v) is 17.8. The molecule has 0 saturated carbocycles. The second kappa shape index (κ2) is 8.71. The van der Waals surface area contributed by atoms with Gasteiger partial charge in [0.05, 0.1) is 23.3 Å². The van der Waals surface area contributed by atoms with Crippen molar-refractivity contribution in [3.05, 3.63) is 23.8 Å². The highest BCUT2D eigenvalue weighted by atomic mass is 32.2. The zero-order chi connectivity index (χ0) is 21.2. The number of amides is 1. The van der Waals surface area contributed by atoms with Gasteiger partial charge >= 0.3 is 5.97 Å². The summed E-state index contributed by atoms with van der Waals surface area (Å²) < 4.78 is 28.1. The molecular formula is C20H29N3O5S. The van der Waals surface area contributed by atoms with Gasteiger partial charge in [0, 0.05) is 32.1 Å². The number of benzene rings is 1. The van der Waals surface area contributed by atoms with Gasteiger partial charge in [0.1, 0.15) is 0 Å². The highest BCUT2D eigenvalue weighted by molar-refractivity contribution is 7.89. The van der Waals surface area contributed by atoms with Gasteiger partial charge in [-0.15, -0.1) is 0 Å². The second-order valence-electron chi connectivity index (χ2n) is 7.98. The molecular weight excluding hydrogens is 394 g/mol. The molecule has 1 aromatic carbocycles. The van der Waals surface area contributed by atoms with Crippen LogP contribution in [-0.2, 0) is 19.6 Å². The number of hydrogen-bond acceptors (Lipinski definition) is 6. The normalized spacial score (nSPS) is 19.3. The first-order valence-electron chi connectivity index (χ1n) is 9.99. The molecule has 2 aliphatic heterocycles. The van der Waals surface area contributed by atoms with Gasteiger partial charge in [-0.3, -0.25) is 4.79 Å². The molecule has 0 aliphatic carbocycles. The fourth-order valence-corrected chi connectivity index (χ4v) is 4.64. The molecule has 0 unspecified atom stereocenters. The molecule has 1 aromatic rings. The van der Waals surface area contributed by atoms with Crippen molar-refractivity contribution in [2.24, 2.45) is 17.0 Å². The standard InChI is InChI=1S/C20H29N3O5S/c1-14-5-9-23(10-6-14)19(24)15-7-11-22(12-8-15)18-4-3-16(29(21,26)27)13-17(18)20(25)28-2/h3-4,13-15H,5-12H2,1-2H3,(H2,21,26,27). The predicted octanol–water partition coefficient (Wildman–Crippen LogP) is 1.60. The predicted molar refractivity (Wildman–Crippen MR) is 109 cm³/mol. The topological polar surface area (TPSA) is 110 Å². The van der Waals surface area contributed by atoms with Crippen LogP contribution in [0.25, 0.3) is 0 Å². The lowest BCUT2D eigenvalue weighted by atomic mass is 9.92. The Labute approximate surface area is 172 Å². The van der Waals surface area contributed by atoms with Gasteiger partial charge < -0.3 is 14.5 Å². The molecule has 1 amide bonds. The SMILES string of the molecule is COC(=O)c1cc(S(N)(=O)=O)ccc1N1CCC(C(=O)N2CCC(C)CC2)CC1. The largest absolute Gasteiger partial charge is 0.465 e. The summed E-state index contributed by atoms with van der Waals surface area (Å²) in [6, 6.07) is 4.23. The van der Waals surface area contributed by atoms with Crippen molar-refractivity contribution in [1.82, 2.24) is 4.90 Å². The Balaban J connectivity index is 1.71. The van der Waals surface area contributed by atoms with Crippen LogP contribution in [0, 0.1) is 11.8 Å². The minimum atomic E-state index is -3.93. The van der Waals surface area contributed by atoms with Gasteiger partial charge in [0.2, 0.25) is 15.9 Å². The zero-order valence-electron chi connectivity index (χ0n) is 17.0. The van der Waals surface area contributed by atoms with Crippen molar-refractivity contribution in [3.63, 3.8) is 0 Å². The van der Waals surface area contributed by atoms with Crippen molar-refractivity contribution in [1.29, 1.82) is 0 Å². The van der Waals surface area contributed by atoms with E-state index in [9.17, 15) is 18.0 Å². The maximum atomic E-state index is 12.8. The van der Waals surface area contributed by atoms with Crippen LogP contribution >= 0.6 is 0 Å². The first kappa shape index (κ1) is 21.6. The number of nitrogens with zero attached hydrogens (tertiary/aromatic N) is 2. The minimum absolute atomic E-state index is 0.00933. The number of carbonyl (C=O) groups is 2. The van der Waals surface area contributed by atoms with Crippen LogP contribution in [0.2, 0.25) is 0 Å². The third-order valence-corrected chi connectivity index (χ3v) is 6.89. The second-order valence-corrected chi connectivity index (χ2v) is 9.55. The number of rotatable bonds is 4. The van der Waals surface area contributed by atoms with E-state index in [4.69, 9.17) is 9.88 Å². The van der Waals surface area contributed by atoms with Gasteiger partial charge in [0.15, 0.2) is 0 Å². The maximum Gasteiger partial charge on any atom is 0.340 e. The molecule has 3 rings (SSSR count). The van der Waals surface area contributed by atoms with E-state index < -0.39 is 16.0 Å². The summed E-state index contributed by atoms with van der Waals surface area (Å²) in [5.41, 5.74) is 0.760. The van der Waals surface area contributed by atoms with Crippen LogP contribution in [0.3, 0.4) is 0 Å². The molecule has 0 spiro atoms. The number of likely N-dealkylation sites (tertiary alicyclic amines) is 1. The molecule has 2 saturated heterocycles. The summed E-state index contributed by atoms with van der Waals surface area (Å²) in [5, 5.41) is 5.19. The van der Waals surface area contributed by atoms with Crippen LogP contribution < -0.4 is 10.0 Å². The van der Waals surface area contributed by atoms with Crippen molar-refractivity contribution in [3.8, 4) is 0 Å². The summed E-state index contributed by atoms with van der Waals surface area (Å²) in [6.45, 7) is 5.11. The average molecular weight is 424 g/mol. The van der Waals surface area contributed by atoms with Crippen LogP contribution in [-0.4, -0.2) is 58.5 Å². The first-order valence-corrected chi connectivity index (χ1v) is 11.5. The highest BCUT2D eigenvalue weighted by Crippen LogP contribution is 2.30. The number of ether oxygens (including phenoxy) is 1. The van der Waals surface area contributed by atoms with E-state index in [1.54, 1.807) is 6.07 Å². The molecule has 2 heterocycles. The Hall–Kier alpha value is -2.13. The number of sulfonamides is 1. The Morgan fingerprint density at radius 1 is 1.07 bits per heavy atom. The number of methoxy groups -OCH3 is 1. The molecule has 2 aliphatic rings. The first-order chi connectivity index (χ1) is 13.7. The number of nitrogens with two attached hydrogens (primary N) is 1. The summed E-state index contributed by atoms with van der Waals surface area (Å²) in [4.78, 5) is 28.9. The van der Waals surface area contributed by atoms with Crippen molar-refractivity contribution < 1.29 is 22.7 Å². The molecule has 0 bridgehead atoms. The Kier molecular flexibility index (Phi) is 6.48. The van der Waals surface area contributed by atoms with Gasteiger partial charge in [0.25, 0.3) is 0 Å². The van der Waals surface area contributed by atoms with Crippen LogP contribution in [0.15, 0.2) is 23.1 Å². The lowest BCUT2D eigenvalue weighted by molar-refractivity contribution is -0.137. The van der Waals surface area contributed by atoms with Gasteiger partial charge in [-0.05, 0) is 49.8 Å². The molecule has 0 atom stereocenters. The van der Waals surface area contributed by atoms with E-state index in [1.807, 2.05) is 9.80 Å². The number of anilines is 1. The van der Waals surface area contributed by atoms with E-state index in [0.29, 0.717) is 37.5 Å². The van der Waals surface area contributed by atoms with Crippen LogP contribution in [0.4, 0.5) is 5.69 Å². The van der Waals surface area contributed by atoms with E-state index in [1.165, 1.54) is 19.2 Å². The monoisotopic (exact) mass is 423 g/mol. The summed E-state index contributed by atoms with van der Waals surface area (Å²) in [6.07, 6.45) is 3.51. The quantitative estimate of drug-likeness (QED) is 0.737. The molecule has 0 radical (unpaired) electrons. The van der Waals surface area contributed by atoms with Crippen molar-refractivity contribution in [2.75, 3.05) is 38.2 Å². The lowest BCUT2D eigenvalue weighted by Crippen LogP contribution is -2.45. The molecule has 29 heavy (non-hydrogen) atoms. The van der Waals surface area contributed by atoms with Crippen molar-refractivity contribution >= 4 is 27.6 Å². The highest BCUT2D eigenvalue weighted by Gasteiger charge is 2.31. The Morgan fingerprint density at radius 2 is 1.69 bits per heavy atom. The van der Waals surface area contributed by atoms with Gasteiger partial charge in [-0.2, -0.15) is 0 Å². The summed E-state index contributed by atoms with van der Waals surface area (Å²) in [5.74, 6) is 0.281. The van der Waals surface area contributed by atoms with Crippen LogP contribution in [0.5, 0.6) is 0 Å². The van der Waals surface area contributed by atoms with E-state index in [0.717, 1.165) is 25.9 Å². The molecule has 0 aromatic heterocycles. The minimum Gasteiger partial charge on any atom is -0.465 e. The Morgan fingerprint density at radius 3 is 2.24 bits per heavy atom. The molecule has 2 fully saturated rings. The smallest absolute Gasteiger partial charge is 0.340 e. The fourth-order valence-electron chi connectivity index (χ4n) is 4.10. The third kappa shape index (κ3) is 4.90. The van der Waals surface area contributed by atoms with Gasteiger partial charge in [-0.1, -0.05) is 6.92 Å². The summed E-state index contributed by atoms with van der Waals surface area (Å²) >= 11 is 0. The molecule has 160 valence electrons. The summed E-state index contributed by atoms with van der Waals surface area (Å²) in [7, 11) is -2.68. The third-order valence-electron chi connectivity index (χ3n) is 5.98. The Bertz CT molecular complexity index is 870. The molecule has 8 nitrogen and oxygen atoms in total. The lowest BCUT2D eigenvalue weighted by Gasteiger charge is -2.38. The van der Waals surface area contributed by atoms with E-state index in [2.05, 4.69) is 6.92 Å². The number of primary sulfonamides is 1. The number of esters is 1. The molecule has 9 heteroatoms. The fraction of sp³-hybridized carbons (Fsp3) is 0.600. The molecule has 2 N–H and O–H groups in total. The number of carbonyl (C=O) groups excluding carboxylic acids is 2. The van der Waals surface area contributed by atoms with E-state index in [-0.39, 0.29) is 22.3 Å². The average Bonchev–Trinajstić information content (AvgIpc) is 2.72. The van der Waals surface area contributed by atoms with Crippen LogP contribution in [0.1, 0.15) is 43.0 Å². The van der Waals surface area contributed by atoms with Crippen molar-refractivity contribution in [2.45, 2.75) is 37.5 Å². The maximum absolute atomic E-state index is 12.8. The van der Waals surface area contributed by atoms with Gasteiger partial charge in [-0.25, -0.2) is 18.4 Å².